The molecule has 0 radical (unpaired) electrons. The molecule has 27 heavy (non-hydrogen) atoms. The van der Waals surface area contributed by atoms with Gasteiger partial charge in [0, 0.05) is 48.3 Å². The second-order valence-corrected chi connectivity index (χ2v) is 6.44. The Hall–Kier alpha value is -2.83. The van der Waals surface area contributed by atoms with E-state index in [1.54, 1.807) is 24.8 Å². The van der Waals surface area contributed by atoms with Crippen molar-refractivity contribution in [3.8, 4) is 0 Å². The molecule has 1 aromatic carbocycles. The number of rotatable bonds is 7. The van der Waals surface area contributed by atoms with Gasteiger partial charge in [0.1, 0.15) is 11.9 Å². The Kier molecular flexibility index (Phi) is 6.11. The summed E-state index contributed by atoms with van der Waals surface area (Å²) in [5.41, 5.74) is 8.47. The van der Waals surface area contributed by atoms with Crippen LogP contribution in [0.25, 0.3) is 0 Å². The third-order valence-electron chi connectivity index (χ3n) is 4.19. The molecule has 1 amide bonds. The predicted molar refractivity (Wildman–Crippen MR) is 101 cm³/mol. The van der Waals surface area contributed by atoms with Crippen LogP contribution in [0.4, 0.5) is 4.39 Å². The van der Waals surface area contributed by atoms with Crippen molar-refractivity contribution in [3.05, 3.63) is 94.3 Å². The lowest BCUT2D eigenvalue weighted by Crippen LogP contribution is -2.34. The molecule has 5 nitrogen and oxygen atoms in total. The second kappa shape index (κ2) is 8.70. The van der Waals surface area contributed by atoms with Gasteiger partial charge in [-0.15, -0.1) is 0 Å². The molecule has 3 rings (SSSR count). The Morgan fingerprint density at radius 2 is 1.93 bits per heavy atom. The number of aromatic nitrogens is 2. The van der Waals surface area contributed by atoms with Crippen LogP contribution < -0.4 is 11.1 Å². The van der Waals surface area contributed by atoms with Crippen molar-refractivity contribution in [1.82, 2.24) is 15.3 Å². The summed E-state index contributed by atoms with van der Waals surface area (Å²) in [6.07, 6.45) is 7.57. The lowest BCUT2D eigenvalue weighted by atomic mass is 10.0. The maximum absolute atomic E-state index is 14.2. The van der Waals surface area contributed by atoms with Gasteiger partial charge in [-0.3, -0.25) is 20.1 Å². The second-order valence-electron chi connectivity index (χ2n) is 6.03. The van der Waals surface area contributed by atoms with E-state index in [9.17, 15) is 9.18 Å². The van der Waals surface area contributed by atoms with Crippen molar-refractivity contribution < 1.29 is 9.18 Å². The Bertz CT molecular complexity index is 916. The fraction of sp³-hybridized carbons (Fsp3) is 0.150. The summed E-state index contributed by atoms with van der Waals surface area (Å²) < 4.78 is 14.2. The van der Waals surface area contributed by atoms with Crippen LogP contribution in [-0.4, -0.2) is 15.9 Å². The first kappa shape index (κ1) is 18.9. The van der Waals surface area contributed by atoms with Crippen molar-refractivity contribution >= 4 is 17.5 Å². The molecule has 0 aliphatic carbocycles. The van der Waals surface area contributed by atoms with Crippen LogP contribution >= 0.6 is 11.6 Å². The summed E-state index contributed by atoms with van der Waals surface area (Å²) in [7, 11) is 0. The van der Waals surface area contributed by atoms with Crippen LogP contribution in [0.5, 0.6) is 0 Å². The average Bonchev–Trinajstić information content (AvgIpc) is 2.66. The van der Waals surface area contributed by atoms with E-state index in [-0.39, 0.29) is 10.6 Å². The molecule has 2 heterocycles. The first-order valence-corrected chi connectivity index (χ1v) is 8.71. The van der Waals surface area contributed by atoms with Gasteiger partial charge in [0.25, 0.3) is 0 Å². The molecule has 2 aromatic heterocycles. The lowest BCUT2D eigenvalue weighted by molar-refractivity contribution is -0.120. The molecule has 0 aliphatic heterocycles. The van der Waals surface area contributed by atoms with Crippen molar-refractivity contribution in [1.29, 1.82) is 0 Å². The molecule has 0 aliphatic rings. The summed E-state index contributed by atoms with van der Waals surface area (Å²) in [5, 5.41) is 3.17. The van der Waals surface area contributed by atoms with Gasteiger partial charge in [-0.2, -0.15) is 0 Å². The molecule has 0 saturated heterocycles. The zero-order valence-corrected chi connectivity index (χ0v) is 15.2. The maximum Gasteiger partial charge on any atom is 0.239 e. The van der Waals surface area contributed by atoms with E-state index < -0.39 is 17.8 Å². The fourth-order valence-corrected chi connectivity index (χ4v) is 3.13. The molecular formula is C20H18ClFN4O. The van der Waals surface area contributed by atoms with E-state index in [1.165, 1.54) is 18.2 Å². The summed E-state index contributed by atoms with van der Waals surface area (Å²) in [4.78, 5) is 20.2. The SMILES string of the molecule is NC(=O)C(NCc1ccncc1Cc1cccnc1)c1c(F)cccc1Cl. The fourth-order valence-electron chi connectivity index (χ4n) is 2.85. The molecule has 3 N–H and O–H groups in total. The number of pyridine rings is 2. The normalized spacial score (nSPS) is 11.9. The average molecular weight is 385 g/mol. The van der Waals surface area contributed by atoms with Crippen molar-refractivity contribution in [2.45, 2.75) is 19.0 Å². The van der Waals surface area contributed by atoms with Crippen LogP contribution in [0, 0.1) is 5.82 Å². The molecule has 0 spiro atoms. The Balaban J connectivity index is 1.82. The number of benzene rings is 1. The molecule has 0 fully saturated rings. The maximum atomic E-state index is 14.2. The highest BCUT2D eigenvalue weighted by Gasteiger charge is 2.24. The Morgan fingerprint density at radius 3 is 2.63 bits per heavy atom. The zero-order valence-electron chi connectivity index (χ0n) is 14.4. The Morgan fingerprint density at radius 1 is 1.11 bits per heavy atom. The molecule has 0 saturated carbocycles. The van der Waals surface area contributed by atoms with Gasteiger partial charge >= 0.3 is 0 Å². The number of nitrogens with two attached hydrogens (primary N) is 1. The molecule has 0 bridgehead atoms. The van der Waals surface area contributed by atoms with Gasteiger partial charge < -0.3 is 5.73 Å². The molecule has 3 aromatic rings. The zero-order chi connectivity index (χ0) is 19.2. The van der Waals surface area contributed by atoms with Crippen LogP contribution in [-0.2, 0) is 17.8 Å². The van der Waals surface area contributed by atoms with Crippen LogP contribution in [0.1, 0.15) is 28.3 Å². The topological polar surface area (TPSA) is 80.9 Å². The number of hydrogen-bond donors (Lipinski definition) is 2. The molecule has 1 unspecified atom stereocenters. The van der Waals surface area contributed by atoms with Gasteiger partial charge in [0.15, 0.2) is 0 Å². The summed E-state index contributed by atoms with van der Waals surface area (Å²) in [6.45, 7) is 0.302. The third-order valence-corrected chi connectivity index (χ3v) is 4.52. The number of carbonyl (C=O) groups excluding carboxylic acids is 1. The van der Waals surface area contributed by atoms with Gasteiger partial charge in [0.2, 0.25) is 5.91 Å². The first-order chi connectivity index (χ1) is 13.1. The summed E-state index contributed by atoms with van der Waals surface area (Å²) in [6, 6.07) is 8.90. The van der Waals surface area contributed by atoms with E-state index in [4.69, 9.17) is 17.3 Å². The number of nitrogens with one attached hydrogen (secondary N) is 1. The number of carbonyl (C=O) groups is 1. The van der Waals surface area contributed by atoms with E-state index in [2.05, 4.69) is 15.3 Å². The standard InChI is InChI=1S/C20H18ClFN4O/c21-16-4-1-5-17(22)18(16)19(20(23)27)26-12-14-6-8-25-11-15(14)9-13-3-2-7-24-10-13/h1-8,10-11,19,26H,9,12H2,(H2,23,27). The number of hydrogen-bond acceptors (Lipinski definition) is 4. The van der Waals surface area contributed by atoms with Crippen molar-refractivity contribution in [2.24, 2.45) is 5.73 Å². The number of amides is 1. The minimum atomic E-state index is -1.04. The predicted octanol–water partition coefficient (Wildman–Crippen LogP) is 3.18. The highest BCUT2D eigenvalue weighted by atomic mass is 35.5. The quantitative estimate of drug-likeness (QED) is 0.655. The monoisotopic (exact) mass is 384 g/mol. The number of primary amides is 1. The van der Waals surface area contributed by atoms with E-state index in [1.807, 2.05) is 18.2 Å². The third kappa shape index (κ3) is 4.67. The first-order valence-electron chi connectivity index (χ1n) is 8.33. The Labute approximate surface area is 161 Å². The van der Waals surface area contributed by atoms with Gasteiger partial charge in [-0.05, 0) is 41.0 Å². The summed E-state index contributed by atoms with van der Waals surface area (Å²) >= 11 is 6.08. The highest BCUT2D eigenvalue weighted by Crippen LogP contribution is 2.26. The van der Waals surface area contributed by atoms with Crippen LogP contribution in [0.3, 0.4) is 0 Å². The van der Waals surface area contributed by atoms with Crippen molar-refractivity contribution in [2.75, 3.05) is 0 Å². The highest BCUT2D eigenvalue weighted by molar-refractivity contribution is 6.31. The van der Waals surface area contributed by atoms with Crippen LogP contribution in [0.15, 0.2) is 61.2 Å². The van der Waals surface area contributed by atoms with Crippen LogP contribution in [0.2, 0.25) is 5.02 Å². The van der Waals surface area contributed by atoms with E-state index in [0.29, 0.717) is 13.0 Å². The van der Waals surface area contributed by atoms with E-state index >= 15 is 0 Å². The smallest absolute Gasteiger partial charge is 0.239 e. The lowest BCUT2D eigenvalue weighted by Gasteiger charge is -2.19. The molecular weight excluding hydrogens is 367 g/mol. The largest absolute Gasteiger partial charge is 0.368 e. The minimum absolute atomic E-state index is 0.0505. The van der Waals surface area contributed by atoms with Gasteiger partial charge in [0.05, 0.1) is 0 Å². The van der Waals surface area contributed by atoms with Crippen molar-refractivity contribution in [3.63, 3.8) is 0 Å². The minimum Gasteiger partial charge on any atom is -0.368 e. The van der Waals surface area contributed by atoms with Gasteiger partial charge in [-0.1, -0.05) is 23.7 Å². The van der Waals surface area contributed by atoms with Gasteiger partial charge in [-0.25, -0.2) is 4.39 Å². The molecule has 7 heteroatoms. The molecule has 138 valence electrons. The molecule has 1 atom stereocenters. The number of nitrogens with zero attached hydrogens (tertiary/aromatic N) is 2. The van der Waals surface area contributed by atoms with E-state index in [0.717, 1.165) is 16.7 Å². The number of halogens is 2. The summed E-state index contributed by atoms with van der Waals surface area (Å²) in [5.74, 6) is -1.28.